The maximum atomic E-state index is 13.0. The summed E-state index contributed by atoms with van der Waals surface area (Å²) in [6.07, 6.45) is 0. The summed E-state index contributed by atoms with van der Waals surface area (Å²) in [6, 6.07) is 19.7. The van der Waals surface area contributed by atoms with Gasteiger partial charge < -0.3 is 20.9 Å². The number of carbonyl (C=O) groups is 2. The van der Waals surface area contributed by atoms with Crippen LogP contribution < -0.4 is 53.4 Å². The number of nitrogens with two attached hydrogens (primary N) is 2. The lowest BCUT2D eigenvalue weighted by molar-refractivity contribution is -0.120. The minimum atomic E-state index is -0.826. The quantitative estimate of drug-likeness (QED) is 0.168. The lowest BCUT2D eigenvalue weighted by Gasteiger charge is -2.06. The molecule has 0 saturated carbocycles. The zero-order valence-electron chi connectivity index (χ0n) is 19.8. The number of anilines is 2. The highest BCUT2D eigenvalue weighted by Crippen LogP contribution is 2.16. The molecule has 4 rings (SSSR count). The van der Waals surface area contributed by atoms with Crippen LogP contribution in [0.15, 0.2) is 92.6 Å². The monoisotopic (exact) mass is 514 g/mol. The van der Waals surface area contributed by atoms with Crippen molar-refractivity contribution in [1.82, 2.24) is 0 Å². The Bertz CT molecular complexity index is 1580. The van der Waals surface area contributed by atoms with Gasteiger partial charge in [0.05, 0.1) is 11.4 Å². The summed E-state index contributed by atoms with van der Waals surface area (Å²) < 4.78 is 10.4. The van der Waals surface area contributed by atoms with Gasteiger partial charge in [0, 0.05) is 10.8 Å². The molecule has 0 radical (unpaired) electrons. The lowest BCUT2D eigenvalue weighted by Crippen LogP contribution is -2.48. The molecule has 0 aromatic heterocycles. The summed E-state index contributed by atoms with van der Waals surface area (Å²) in [4.78, 5) is 47.6. The van der Waals surface area contributed by atoms with E-state index in [0.29, 0.717) is 33.6 Å². The van der Waals surface area contributed by atoms with Gasteiger partial charge in [-0.05, 0) is 48.5 Å². The zero-order valence-corrected chi connectivity index (χ0v) is 19.8. The van der Waals surface area contributed by atoms with Crippen LogP contribution >= 0.6 is 0 Å². The molecule has 0 aliphatic heterocycles. The molecular weight excluding hydrogens is 492 g/mol. The van der Waals surface area contributed by atoms with E-state index in [1.165, 1.54) is 0 Å². The molecule has 0 aliphatic carbocycles. The van der Waals surface area contributed by atoms with Crippen molar-refractivity contribution >= 4 is 34.0 Å². The molecule has 0 spiro atoms. The number of hydrogen-bond donors (Lipinski definition) is 4. The van der Waals surface area contributed by atoms with Gasteiger partial charge in [0.1, 0.15) is 22.2 Å². The van der Waals surface area contributed by atoms with Crippen molar-refractivity contribution in [1.29, 1.82) is 0 Å². The molecule has 4 aromatic rings. The van der Waals surface area contributed by atoms with E-state index in [1.807, 2.05) is 0 Å². The van der Waals surface area contributed by atoms with E-state index in [1.54, 1.807) is 72.8 Å². The Kier molecular flexibility index (Phi) is 7.72. The van der Waals surface area contributed by atoms with Gasteiger partial charge in [-0.3, -0.25) is 30.0 Å². The zero-order chi connectivity index (χ0) is 27.1. The average molecular weight is 514 g/mol. The summed E-state index contributed by atoms with van der Waals surface area (Å²) in [7, 11) is 0. The maximum absolute atomic E-state index is 13.0. The summed E-state index contributed by atoms with van der Waals surface area (Å²) in [5, 5.41) is 9.11. The predicted molar refractivity (Wildman–Crippen MR) is 139 cm³/mol. The molecule has 2 amide bonds. The summed E-state index contributed by atoms with van der Waals surface area (Å²) in [5.41, 5.74) is 15.0. The number of rotatable bonds is 10. The fourth-order valence-electron chi connectivity index (χ4n) is 3.38. The maximum Gasteiger partial charge on any atom is 0.256 e. The van der Waals surface area contributed by atoms with Crippen LogP contribution in [0, 0.1) is 0 Å². The number of hydrogen-bond acceptors (Lipinski definition) is 10. The van der Waals surface area contributed by atoms with Crippen LogP contribution in [-0.2, 0) is 9.59 Å². The Morgan fingerprint density at radius 2 is 1.00 bits per heavy atom. The topological polar surface area (TPSA) is 188 Å². The normalized spacial score (nSPS) is 11.8. The Balaban J connectivity index is 1.63. The first-order valence-corrected chi connectivity index (χ1v) is 11.2. The van der Waals surface area contributed by atoms with Gasteiger partial charge in [0.15, 0.2) is 13.2 Å². The summed E-state index contributed by atoms with van der Waals surface area (Å²) in [6.45, 7) is -0.504. The Labute approximate surface area is 214 Å². The van der Waals surface area contributed by atoms with E-state index < -0.39 is 22.7 Å². The van der Waals surface area contributed by atoms with Crippen LogP contribution in [0.3, 0.4) is 0 Å². The van der Waals surface area contributed by atoms with Crippen molar-refractivity contribution in [2.24, 2.45) is 21.7 Å². The van der Waals surface area contributed by atoms with Gasteiger partial charge in [0.2, 0.25) is 0 Å². The molecular formula is C26H22N6O6. The van der Waals surface area contributed by atoms with Crippen molar-refractivity contribution in [2.45, 2.75) is 0 Å². The first-order valence-electron chi connectivity index (χ1n) is 11.2. The third-order valence-corrected chi connectivity index (χ3v) is 5.14. The van der Waals surface area contributed by atoms with Crippen molar-refractivity contribution < 1.29 is 19.1 Å². The lowest BCUT2D eigenvalue weighted by atomic mass is 10.1. The number of nitrogens with zero attached hydrogens (tertiary/aromatic N) is 2. The van der Waals surface area contributed by atoms with Crippen LogP contribution in [0.4, 0.5) is 11.4 Å². The molecule has 0 atom stereocenters. The van der Waals surface area contributed by atoms with E-state index >= 15 is 0 Å². The number of carbonyl (C=O) groups excluding carboxylic acids is 2. The van der Waals surface area contributed by atoms with Gasteiger partial charge in [-0.2, -0.15) is 10.2 Å². The molecule has 0 bridgehead atoms. The van der Waals surface area contributed by atoms with Crippen LogP contribution in [0.2, 0.25) is 0 Å². The van der Waals surface area contributed by atoms with Gasteiger partial charge >= 0.3 is 0 Å². The van der Waals surface area contributed by atoms with Crippen molar-refractivity contribution in [2.75, 3.05) is 24.1 Å². The molecule has 12 nitrogen and oxygen atoms in total. The van der Waals surface area contributed by atoms with Crippen LogP contribution in [0.25, 0.3) is 10.8 Å². The fourth-order valence-corrected chi connectivity index (χ4v) is 3.38. The number of nitrogens with one attached hydrogen (secondary N) is 2. The molecule has 192 valence electrons. The number of fused-ring (bicyclic) bond motifs is 1. The van der Waals surface area contributed by atoms with Crippen molar-refractivity contribution in [3.05, 3.63) is 104 Å². The summed E-state index contributed by atoms with van der Waals surface area (Å²) in [5.74, 6) is -0.337. The Morgan fingerprint density at radius 1 is 0.632 bits per heavy atom. The summed E-state index contributed by atoms with van der Waals surface area (Å²) >= 11 is 0. The highest BCUT2D eigenvalue weighted by Gasteiger charge is 2.10. The second kappa shape index (κ2) is 11.5. The average Bonchev–Trinajstić information content (AvgIpc) is 2.92. The third kappa shape index (κ3) is 6.18. The fraction of sp³-hybridized carbons (Fsp3) is 0.0769. The standard InChI is InChI=1S/C26H22N6O6/c27-21(33)13-37-17-9-5-15(6-10-17)29-31-23-19-3-1-2-4-20(19)24(26(36)25(23)35)32-30-16-7-11-18(12-8-16)38-14-22(28)34/h1-12,29-30H,13-14H2,(H2,27,33)(H2,28,34)/b31-23-,32-24+. The van der Waals surface area contributed by atoms with E-state index in [2.05, 4.69) is 21.1 Å². The molecule has 0 aliphatic rings. The predicted octanol–water partition coefficient (Wildman–Crippen LogP) is 0.0196. The molecule has 38 heavy (non-hydrogen) atoms. The van der Waals surface area contributed by atoms with Crippen LogP contribution in [0.1, 0.15) is 0 Å². The molecule has 0 fully saturated rings. The van der Waals surface area contributed by atoms with Crippen LogP contribution in [-0.4, -0.2) is 25.0 Å². The van der Waals surface area contributed by atoms with E-state index in [-0.39, 0.29) is 23.9 Å². The van der Waals surface area contributed by atoms with Gasteiger partial charge in [-0.25, -0.2) is 0 Å². The van der Waals surface area contributed by atoms with Crippen molar-refractivity contribution in [3.63, 3.8) is 0 Å². The SMILES string of the molecule is NC(=O)COc1ccc(N/N=c2\c(=O)c(=O)/c(=N/Nc3ccc(OCC(N)=O)cc3)c3ccccc23)cc1. The molecule has 0 saturated heterocycles. The van der Waals surface area contributed by atoms with Crippen molar-refractivity contribution in [3.8, 4) is 11.5 Å². The van der Waals surface area contributed by atoms with E-state index in [9.17, 15) is 19.2 Å². The highest BCUT2D eigenvalue weighted by atomic mass is 16.5. The largest absolute Gasteiger partial charge is 0.484 e. The highest BCUT2D eigenvalue weighted by molar-refractivity contribution is 5.81. The number of amides is 2. The van der Waals surface area contributed by atoms with Crippen LogP contribution in [0.5, 0.6) is 11.5 Å². The molecule has 6 N–H and O–H groups in total. The second-order valence-electron chi connectivity index (χ2n) is 7.91. The molecule has 0 unspecified atom stereocenters. The Hall–Kier alpha value is -5.52. The Morgan fingerprint density at radius 3 is 1.34 bits per heavy atom. The second-order valence-corrected chi connectivity index (χ2v) is 7.91. The smallest absolute Gasteiger partial charge is 0.256 e. The first kappa shape index (κ1) is 25.6. The van der Waals surface area contributed by atoms with E-state index in [0.717, 1.165) is 0 Å². The number of ether oxygens (including phenoxy) is 2. The van der Waals surface area contributed by atoms with Gasteiger partial charge in [-0.1, -0.05) is 24.3 Å². The first-order chi connectivity index (χ1) is 18.3. The molecule has 4 aromatic carbocycles. The minimum absolute atomic E-state index is 0.0606. The van der Waals surface area contributed by atoms with Gasteiger partial charge in [0.25, 0.3) is 22.7 Å². The molecule has 0 heterocycles. The number of primary amides is 2. The molecule has 12 heteroatoms. The number of benzene rings is 4. The third-order valence-electron chi connectivity index (χ3n) is 5.14. The van der Waals surface area contributed by atoms with E-state index in [4.69, 9.17) is 20.9 Å². The minimum Gasteiger partial charge on any atom is -0.484 e. The van der Waals surface area contributed by atoms with Gasteiger partial charge in [-0.15, -0.1) is 0 Å².